The largest absolute Gasteiger partial charge is 0.351 e. The van der Waals surface area contributed by atoms with Gasteiger partial charge >= 0.3 is 0 Å². The van der Waals surface area contributed by atoms with E-state index in [0.29, 0.717) is 0 Å². The molecule has 0 saturated heterocycles. The molecule has 6 heteroatoms. The minimum Gasteiger partial charge on any atom is -0.351 e. The van der Waals surface area contributed by atoms with Crippen molar-refractivity contribution >= 4 is 68.3 Å². The molecule has 2 heterocycles. The summed E-state index contributed by atoms with van der Waals surface area (Å²) in [6, 6.07) is 36.2. The van der Waals surface area contributed by atoms with Crippen molar-refractivity contribution in [3.63, 3.8) is 0 Å². The Labute approximate surface area is 239 Å². The first-order valence-corrected chi connectivity index (χ1v) is 13.1. The van der Waals surface area contributed by atoms with E-state index in [9.17, 15) is 0 Å². The third-order valence-corrected chi connectivity index (χ3v) is 7.77. The number of benzene rings is 4. The van der Waals surface area contributed by atoms with Crippen LogP contribution < -0.4 is 14.7 Å². The highest BCUT2D eigenvalue weighted by Gasteiger charge is 2.35. The second-order valence-electron chi connectivity index (χ2n) is 8.88. The van der Waals surface area contributed by atoms with Gasteiger partial charge in [0.2, 0.25) is 0 Å². The molecule has 186 valence electrons. The molecule has 1 unspecified atom stereocenters. The van der Waals surface area contributed by atoms with E-state index in [4.69, 9.17) is 4.98 Å². The van der Waals surface area contributed by atoms with Crippen molar-refractivity contribution in [1.29, 1.82) is 0 Å². The Morgan fingerprint density at radius 3 is 2.30 bits per heavy atom. The van der Waals surface area contributed by atoms with Crippen molar-refractivity contribution in [3.8, 4) is 10.6 Å². The Kier molecular flexibility index (Phi) is 7.48. The van der Waals surface area contributed by atoms with E-state index in [2.05, 4.69) is 138 Å². The maximum Gasteiger partial charge on any atom is 0.127 e. The van der Waals surface area contributed by atoms with Crippen LogP contribution in [0, 0.1) is 0 Å². The zero-order valence-electron chi connectivity index (χ0n) is 20.9. The van der Waals surface area contributed by atoms with Crippen molar-refractivity contribution in [2.45, 2.75) is 13.1 Å². The highest BCUT2D eigenvalue weighted by molar-refractivity contribution is 14.0. The van der Waals surface area contributed by atoms with Crippen LogP contribution >= 0.6 is 35.3 Å². The van der Waals surface area contributed by atoms with Crippen molar-refractivity contribution in [2.75, 3.05) is 28.3 Å². The smallest absolute Gasteiger partial charge is 0.127 e. The summed E-state index contributed by atoms with van der Waals surface area (Å²) in [5, 5.41) is 1.06. The second-order valence-corrected chi connectivity index (χ2v) is 9.91. The number of hydrogen-bond acceptors (Lipinski definition) is 5. The zero-order chi connectivity index (χ0) is 24.5. The summed E-state index contributed by atoms with van der Waals surface area (Å²) >= 11 is 1.75. The summed E-state index contributed by atoms with van der Waals surface area (Å²) in [5.41, 5.74) is 7.00. The van der Waals surface area contributed by atoms with Crippen LogP contribution in [0.5, 0.6) is 0 Å². The molecule has 4 aromatic carbocycles. The van der Waals surface area contributed by atoms with Gasteiger partial charge < -0.3 is 14.7 Å². The Bertz CT molecular complexity index is 1480. The second kappa shape index (κ2) is 10.9. The van der Waals surface area contributed by atoms with Crippen molar-refractivity contribution < 1.29 is 0 Å². The summed E-state index contributed by atoms with van der Waals surface area (Å²) in [6.07, 6.45) is 4.53. The SMILES string of the molecule is CCN1c2cc(-c3nc4ccccc4s3)ccc2N(c2ccccc2)C1C=CN(C)c1ccccc1.I. The quantitative estimate of drug-likeness (QED) is 0.178. The van der Waals surface area contributed by atoms with Gasteiger partial charge in [0, 0.05) is 36.7 Å². The van der Waals surface area contributed by atoms with Gasteiger partial charge in [-0.15, -0.1) is 35.3 Å². The van der Waals surface area contributed by atoms with Gasteiger partial charge in [0.15, 0.2) is 0 Å². The summed E-state index contributed by atoms with van der Waals surface area (Å²) in [6.45, 7) is 3.12. The molecule has 37 heavy (non-hydrogen) atoms. The van der Waals surface area contributed by atoms with Gasteiger partial charge in [-0.3, -0.25) is 0 Å². The Morgan fingerprint density at radius 1 is 0.865 bits per heavy atom. The molecule has 0 aliphatic carbocycles. The predicted octanol–water partition coefficient (Wildman–Crippen LogP) is 8.54. The number of rotatable bonds is 6. The molecular weight excluding hydrogens is 587 g/mol. The molecule has 4 nitrogen and oxygen atoms in total. The number of nitrogens with zero attached hydrogens (tertiary/aromatic N) is 4. The molecule has 1 aliphatic rings. The standard InChI is InChI=1S/C31H28N4S.HI/c1-3-34-28-22-23(31-32-26-16-10-11-17-29(26)36-31)18-19-27(28)35(25-14-8-5-9-15-25)30(34)20-21-33(2)24-12-6-4-7-13-24;/h4-22,30H,3H2,1-2H3;1H. The molecule has 5 aromatic rings. The number of thiazole rings is 1. The van der Waals surface area contributed by atoms with Crippen molar-refractivity contribution in [2.24, 2.45) is 0 Å². The lowest BCUT2D eigenvalue weighted by atomic mass is 10.1. The summed E-state index contributed by atoms with van der Waals surface area (Å²) < 4.78 is 1.22. The zero-order valence-corrected chi connectivity index (χ0v) is 24.0. The molecule has 0 fully saturated rings. The number of fused-ring (bicyclic) bond motifs is 2. The van der Waals surface area contributed by atoms with Crippen LogP contribution in [0.15, 0.2) is 115 Å². The van der Waals surface area contributed by atoms with E-state index in [0.717, 1.165) is 28.3 Å². The van der Waals surface area contributed by atoms with Gasteiger partial charge in [0.25, 0.3) is 0 Å². The maximum absolute atomic E-state index is 4.91. The molecule has 0 N–H and O–H groups in total. The summed E-state index contributed by atoms with van der Waals surface area (Å²) in [7, 11) is 2.10. The van der Waals surface area contributed by atoms with E-state index in [1.165, 1.54) is 21.8 Å². The highest BCUT2D eigenvalue weighted by atomic mass is 127. The van der Waals surface area contributed by atoms with E-state index in [1.807, 2.05) is 6.07 Å². The van der Waals surface area contributed by atoms with E-state index in [-0.39, 0.29) is 30.1 Å². The minimum atomic E-state index is 0. The number of aromatic nitrogens is 1. The molecule has 0 radical (unpaired) electrons. The van der Waals surface area contributed by atoms with Crippen molar-refractivity contribution in [3.05, 3.63) is 115 Å². The number of likely N-dealkylation sites (N-methyl/N-ethyl adjacent to an activating group) is 1. The fourth-order valence-corrected chi connectivity index (χ4v) is 5.86. The van der Waals surface area contributed by atoms with E-state index < -0.39 is 0 Å². The van der Waals surface area contributed by atoms with Crippen LogP contribution in [0.3, 0.4) is 0 Å². The normalized spacial score (nSPS) is 14.7. The number of hydrogen-bond donors (Lipinski definition) is 0. The third-order valence-electron chi connectivity index (χ3n) is 6.69. The monoisotopic (exact) mass is 616 g/mol. The molecule has 0 bridgehead atoms. The van der Waals surface area contributed by atoms with Crippen molar-refractivity contribution in [1.82, 2.24) is 4.98 Å². The Hall–Kier alpha value is -3.36. The first-order chi connectivity index (χ1) is 17.7. The Balaban J connectivity index is 0.00000280. The third kappa shape index (κ3) is 4.83. The molecule has 0 spiro atoms. The molecule has 1 aromatic heterocycles. The van der Waals surface area contributed by atoms with Crippen LogP contribution in [0.1, 0.15) is 6.92 Å². The summed E-state index contributed by atoms with van der Waals surface area (Å²) in [5.74, 6) is 0. The number of anilines is 4. The molecule has 1 aliphatic heterocycles. The van der Waals surface area contributed by atoms with E-state index >= 15 is 0 Å². The van der Waals surface area contributed by atoms with Crippen LogP contribution in [0.2, 0.25) is 0 Å². The van der Waals surface area contributed by atoms with Crippen LogP contribution in [0.25, 0.3) is 20.8 Å². The minimum absolute atomic E-state index is 0. The molecule has 0 saturated carbocycles. The first-order valence-electron chi connectivity index (χ1n) is 12.3. The van der Waals surface area contributed by atoms with E-state index in [1.54, 1.807) is 11.3 Å². The van der Waals surface area contributed by atoms with Gasteiger partial charge in [0.05, 0.1) is 21.6 Å². The molecular formula is C31H29IN4S. The predicted molar refractivity (Wildman–Crippen MR) is 170 cm³/mol. The van der Waals surface area contributed by atoms with Gasteiger partial charge in [0.1, 0.15) is 11.2 Å². The van der Waals surface area contributed by atoms with Gasteiger partial charge in [-0.2, -0.15) is 0 Å². The average Bonchev–Trinajstić information content (AvgIpc) is 3.51. The lowest BCUT2D eigenvalue weighted by molar-refractivity contribution is 0.746. The molecule has 6 rings (SSSR count). The fraction of sp³-hybridized carbons (Fsp3) is 0.129. The number of para-hydroxylation sites is 3. The molecule has 1 atom stereocenters. The average molecular weight is 617 g/mol. The highest BCUT2D eigenvalue weighted by Crippen LogP contribution is 2.46. The van der Waals surface area contributed by atoms with Crippen LogP contribution in [-0.4, -0.2) is 24.7 Å². The van der Waals surface area contributed by atoms with Gasteiger partial charge in [-0.05, 0) is 67.6 Å². The molecule has 0 amide bonds. The van der Waals surface area contributed by atoms with Gasteiger partial charge in [-0.25, -0.2) is 4.98 Å². The lowest BCUT2D eigenvalue weighted by Crippen LogP contribution is -2.39. The number of halogens is 1. The first kappa shape index (κ1) is 25.3. The topological polar surface area (TPSA) is 22.6 Å². The lowest BCUT2D eigenvalue weighted by Gasteiger charge is -2.31. The Morgan fingerprint density at radius 2 is 1.57 bits per heavy atom. The summed E-state index contributed by atoms with van der Waals surface area (Å²) in [4.78, 5) is 12.0. The maximum atomic E-state index is 4.91. The van der Waals surface area contributed by atoms with Gasteiger partial charge in [-0.1, -0.05) is 48.5 Å². The van der Waals surface area contributed by atoms with Crippen LogP contribution in [-0.2, 0) is 0 Å². The van der Waals surface area contributed by atoms with Crippen LogP contribution in [0.4, 0.5) is 22.7 Å². The fourth-order valence-electron chi connectivity index (χ4n) is 4.89.